The van der Waals surface area contributed by atoms with Crippen LogP contribution in [0.3, 0.4) is 0 Å². The lowest BCUT2D eigenvalue weighted by molar-refractivity contribution is 0.0944. The van der Waals surface area contributed by atoms with E-state index in [0.717, 1.165) is 16.6 Å². The van der Waals surface area contributed by atoms with Crippen LogP contribution in [-0.2, 0) is 6.54 Å². The Kier molecular flexibility index (Phi) is 3.62. The Labute approximate surface area is 141 Å². The maximum absolute atomic E-state index is 12.1. The van der Waals surface area contributed by atoms with Crippen LogP contribution in [0.2, 0.25) is 0 Å². The molecule has 1 amide bonds. The summed E-state index contributed by atoms with van der Waals surface area (Å²) in [4.78, 5) is 19.3. The first-order valence-electron chi connectivity index (χ1n) is 7.53. The van der Waals surface area contributed by atoms with Crippen molar-refractivity contribution in [3.8, 4) is 17.2 Å². The number of benzene rings is 1. The van der Waals surface area contributed by atoms with E-state index in [-0.39, 0.29) is 23.7 Å². The van der Waals surface area contributed by atoms with Crippen LogP contribution in [0.15, 0.2) is 53.2 Å². The third-order valence-corrected chi connectivity index (χ3v) is 3.71. The number of para-hydroxylation sites is 1. The van der Waals surface area contributed by atoms with Gasteiger partial charge in [-0.1, -0.05) is 12.1 Å². The molecule has 124 valence electrons. The zero-order valence-corrected chi connectivity index (χ0v) is 12.9. The van der Waals surface area contributed by atoms with Crippen molar-refractivity contribution in [3.05, 3.63) is 60.2 Å². The third kappa shape index (κ3) is 2.80. The Bertz CT molecular complexity index is 1050. The summed E-state index contributed by atoms with van der Waals surface area (Å²) < 4.78 is 5.62. The number of hydrogen-bond acceptors (Lipinski definition) is 6. The number of hydrogen-bond donors (Lipinski definition) is 3. The van der Waals surface area contributed by atoms with Crippen LogP contribution in [0.4, 0.5) is 0 Å². The van der Waals surface area contributed by atoms with E-state index in [2.05, 4.69) is 25.5 Å². The molecule has 8 heteroatoms. The van der Waals surface area contributed by atoms with Gasteiger partial charge in [-0.05, 0) is 24.3 Å². The summed E-state index contributed by atoms with van der Waals surface area (Å²) in [5, 5.41) is 21.2. The Morgan fingerprint density at radius 2 is 2.08 bits per heavy atom. The summed E-state index contributed by atoms with van der Waals surface area (Å²) >= 11 is 0. The number of aromatic nitrogens is 4. The number of aromatic hydroxyl groups is 1. The highest BCUT2D eigenvalue weighted by Crippen LogP contribution is 2.25. The predicted molar refractivity (Wildman–Crippen MR) is 88.7 cm³/mol. The zero-order chi connectivity index (χ0) is 17.2. The fourth-order valence-corrected chi connectivity index (χ4v) is 2.50. The minimum absolute atomic E-state index is 0.0571. The number of aromatic amines is 1. The molecular formula is C17H13N5O3. The largest absolute Gasteiger partial charge is 0.507 e. The van der Waals surface area contributed by atoms with Crippen molar-refractivity contribution < 1.29 is 14.3 Å². The molecule has 3 heterocycles. The van der Waals surface area contributed by atoms with Crippen molar-refractivity contribution in [1.82, 2.24) is 25.5 Å². The molecule has 3 aromatic heterocycles. The molecule has 1 aromatic carbocycles. The highest BCUT2D eigenvalue weighted by atomic mass is 16.4. The maximum atomic E-state index is 12.1. The van der Waals surface area contributed by atoms with E-state index in [0.29, 0.717) is 5.89 Å². The fraction of sp³-hybridized carbons (Fsp3) is 0.0588. The first-order valence-corrected chi connectivity index (χ1v) is 7.53. The summed E-state index contributed by atoms with van der Waals surface area (Å²) in [7, 11) is 0. The molecular weight excluding hydrogens is 322 g/mol. The van der Waals surface area contributed by atoms with Gasteiger partial charge >= 0.3 is 0 Å². The lowest BCUT2D eigenvalue weighted by Gasteiger charge is -2.04. The predicted octanol–water partition coefficient (Wildman–Crippen LogP) is 2.25. The smallest absolute Gasteiger partial charge is 0.255 e. The van der Waals surface area contributed by atoms with Crippen molar-refractivity contribution >= 4 is 16.9 Å². The third-order valence-electron chi connectivity index (χ3n) is 3.71. The van der Waals surface area contributed by atoms with Crippen molar-refractivity contribution in [3.63, 3.8) is 0 Å². The average Bonchev–Trinajstić information content (AvgIpc) is 3.29. The molecule has 3 N–H and O–H groups in total. The summed E-state index contributed by atoms with van der Waals surface area (Å²) in [5.74, 6) is 0.103. The quantitative estimate of drug-likeness (QED) is 0.526. The highest BCUT2D eigenvalue weighted by molar-refractivity contribution is 5.96. The van der Waals surface area contributed by atoms with Crippen LogP contribution in [-0.4, -0.2) is 31.2 Å². The van der Waals surface area contributed by atoms with Gasteiger partial charge < -0.3 is 19.8 Å². The van der Waals surface area contributed by atoms with E-state index in [9.17, 15) is 9.90 Å². The highest BCUT2D eigenvalue weighted by Gasteiger charge is 2.15. The Hall–Kier alpha value is -3.68. The standard InChI is InChI=1S/C17H13N5O3/c23-13-4-2-1-3-12(13)16(24)20-9-14-21-22-17(25-14)11-6-8-19-15-10(11)5-7-18-15/h1-8,23H,9H2,(H,18,19)(H,20,24). The van der Waals surface area contributed by atoms with E-state index in [1.54, 1.807) is 30.6 Å². The van der Waals surface area contributed by atoms with Crippen LogP contribution < -0.4 is 5.32 Å². The van der Waals surface area contributed by atoms with Crippen LogP contribution in [0.25, 0.3) is 22.5 Å². The van der Waals surface area contributed by atoms with E-state index < -0.39 is 5.91 Å². The molecule has 0 spiro atoms. The van der Waals surface area contributed by atoms with Gasteiger partial charge in [-0.2, -0.15) is 0 Å². The Morgan fingerprint density at radius 3 is 2.96 bits per heavy atom. The second-order valence-corrected chi connectivity index (χ2v) is 5.30. The molecule has 0 saturated heterocycles. The second-order valence-electron chi connectivity index (χ2n) is 5.30. The van der Waals surface area contributed by atoms with Gasteiger partial charge in [-0.3, -0.25) is 4.79 Å². The van der Waals surface area contributed by atoms with Crippen LogP contribution in [0.1, 0.15) is 16.2 Å². The lowest BCUT2D eigenvalue weighted by atomic mass is 10.2. The molecule has 0 unspecified atom stereocenters. The van der Waals surface area contributed by atoms with E-state index in [1.807, 2.05) is 6.07 Å². The zero-order valence-electron chi connectivity index (χ0n) is 12.9. The topological polar surface area (TPSA) is 117 Å². The fourth-order valence-electron chi connectivity index (χ4n) is 2.50. The number of pyridine rings is 1. The second kappa shape index (κ2) is 6.08. The first kappa shape index (κ1) is 14.9. The van der Waals surface area contributed by atoms with Gasteiger partial charge in [0.25, 0.3) is 5.91 Å². The minimum Gasteiger partial charge on any atom is -0.507 e. The van der Waals surface area contributed by atoms with Crippen LogP contribution in [0.5, 0.6) is 5.75 Å². The molecule has 25 heavy (non-hydrogen) atoms. The molecule has 0 bridgehead atoms. The SMILES string of the molecule is O=C(NCc1nnc(-c2ccnc3[nH]ccc23)o1)c1ccccc1O. The van der Waals surface area contributed by atoms with E-state index in [1.165, 1.54) is 12.1 Å². The van der Waals surface area contributed by atoms with Crippen molar-refractivity contribution in [2.75, 3.05) is 0 Å². The molecule has 0 aliphatic rings. The lowest BCUT2D eigenvalue weighted by Crippen LogP contribution is -2.23. The maximum Gasteiger partial charge on any atom is 0.255 e. The number of carbonyl (C=O) groups excluding carboxylic acids is 1. The molecule has 4 aromatic rings. The monoisotopic (exact) mass is 335 g/mol. The molecule has 4 rings (SSSR count). The van der Waals surface area contributed by atoms with Crippen LogP contribution in [0, 0.1) is 0 Å². The Morgan fingerprint density at radius 1 is 1.20 bits per heavy atom. The van der Waals surface area contributed by atoms with Gasteiger partial charge in [-0.25, -0.2) is 4.98 Å². The molecule has 8 nitrogen and oxygen atoms in total. The molecule has 0 fully saturated rings. The Balaban J connectivity index is 1.51. The summed E-state index contributed by atoms with van der Waals surface area (Å²) in [6.45, 7) is 0.0571. The summed E-state index contributed by atoms with van der Waals surface area (Å²) in [5.41, 5.74) is 1.67. The summed E-state index contributed by atoms with van der Waals surface area (Å²) in [6.07, 6.45) is 3.43. The number of carbonyl (C=O) groups is 1. The average molecular weight is 335 g/mol. The molecule has 0 saturated carbocycles. The van der Waals surface area contributed by atoms with Crippen molar-refractivity contribution in [1.29, 1.82) is 0 Å². The number of rotatable bonds is 4. The number of H-pyrrole nitrogens is 1. The molecule has 0 atom stereocenters. The van der Waals surface area contributed by atoms with Gasteiger partial charge in [0.1, 0.15) is 11.4 Å². The van der Waals surface area contributed by atoms with Gasteiger partial charge in [0.2, 0.25) is 11.8 Å². The minimum atomic E-state index is -0.421. The van der Waals surface area contributed by atoms with Crippen LogP contribution >= 0.6 is 0 Å². The first-order chi connectivity index (χ1) is 12.2. The van der Waals surface area contributed by atoms with Gasteiger partial charge in [-0.15, -0.1) is 10.2 Å². The number of fused-ring (bicyclic) bond motifs is 1. The number of amides is 1. The van der Waals surface area contributed by atoms with Gasteiger partial charge in [0, 0.05) is 17.8 Å². The normalized spacial score (nSPS) is 10.9. The molecule has 0 aliphatic carbocycles. The van der Waals surface area contributed by atoms with E-state index in [4.69, 9.17) is 4.42 Å². The number of nitrogens with one attached hydrogen (secondary N) is 2. The molecule has 0 aliphatic heterocycles. The number of nitrogens with zero attached hydrogens (tertiary/aromatic N) is 3. The van der Waals surface area contributed by atoms with Crippen molar-refractivity contribution in [2.45, 2.75) is 6.54 Å². The van der Waals surface area contributed by atoms with Crippen molar-refractivity contribution in [2.24, 2.45) is 0 Å². The number of phenolic OH excluding ortho intramolecular Hbond substituents is 1. The van der Waals surface area contributed by atoms with Gasteiger partial charge in [0.05, 0.1) is 17.7 Å². The van der Waals surface area contributed by atoms with E-state index >= 15 is 0 Å². The summed E-state index contributed by atoms with van der Waals surface area (Å²) in [6, 6.07) is 9.96. The van der Waals surface area contributed by atoms with Gasteiger partial charge in [0.15, 0.2) is 0 Å². The number of phenols is 1. The molecule has 0 radical (unpaired) electrons.